The van der Waals surface area contributed by atoms with Crippen LogP contribution in [-0.2, 0) is 4.79 Å². The van der Waals surface area contributed by atoms with Crippen LogP contribution in [-0.4, -0.2) is 35.0 Å². The molecular weight excluding hydrogens is 336 g/mol. The second-order valence-corrected chi connectivity index (χ2v) is 8.28. The van der Waals surface area contributed by atoms with Gasteiger partial charge in [0, 0.05) is 24.5 Å². The van der Waals surface area contributed by atoms with Gasteiger partial charge in [-0.1, -0.05) is 32.4 Å². The van der Waals surface area contributed by atoms with Crippen LogP contribution in [0.5, 0.6) is 0 Å². The maximum absolute atomic E-state index is 12.2. The maximum atomic E-state index is 12.2. The number of nitrogens with zero attached hydrogens (tertiary/aromatic N) is 3. The van der Waals surface area contributed by atoms with Crippen LogP contribution >= 0.6 is 11.6 Å². The highest BCUT2D eigenvalue weighted by atomic mass is 35.5. The monoisotopic (exact) mass is 360 g/mol. The Morgan fingerprint density at radius 1 is 1.20 bits per heavy atom. The molecule has 25 heavy (non-hydrogen) atoms. The van der Waals surface area contributed by atoms with E-state index in [0.29, 0.717) is 17.5 Å². The zero-order valence-corrected chi connectivity index (χ0v) is 16.2. The number of hydrogen-bond acceptors (Lipinski definition) is 4. The number of carbonyl (C=O) groups is 1. The number of anilines is 1. The predicted molar refractivity (Wildman–Crippen MR) is 102 cm³/mol. The summed E-state index contributed by atoms with van der Waals surface area (Å²) in [5.74, 6) is 0.770. The highest BCUT2D eigenvalue weighted by molar-refractivity contribution is 6.32. The number of aromatic nitrogens is 2. The third kappa shape index (κ3) is 3.71. The van der Waals surface area contributed by atoms with Crippen molar-refractivity contribution < 1.29 is 4.79 Å². The van der Waals surface area contributed by atoms with Crippen molar-refractivity contribution >= 4 is 34.4 Å². The zero-order valence-electron chi connectivity index (χ0n) is 15.5. The minimum absolute atomic E-state index is 0.0705. The number of aryl methyl sites for hydroxylation is 2. The lowest BCUT2D eigenvalue weighted by molar-refractivity contribution is -0.129. The molecule has 1 N–H and O–H groups in total. The van der Waals surface area contributed by atoms with Gasteiger partial charge in [-0.2, -0.15) is 0 Å². The van der Waals surface area contributed by atoms with Crippen LogP contribution in [0.3, 0.4) is 0 Å². The van der Waals surface area contributed by atoms with E-state index in [1.54, 1.807) is 0 Å². The van der Waals surface area contributed by atoms with E-state index >= 15 is 0 Å². The van der Waals surface area contributed by atoms with Crippen LogP contribution < -0.4 is 10.2 Å². The van der Waals surface area contributed by atoms with Gasteiger partial charge >= 0.3 is 0 Å². The lowest BCUT2D eigenvalue weighted by Crippen LogP contribution is -2.43. The van der Waals surface area contributed by atoms with Crippen LogP contribution in [0.2, 0.25) is 5.15 Å². The molecule has 0 spiro atoms. The number of carbonyl (C=O) groups excluding carboxylic acids is 1. The zero-order chi connectivity index (χ0) is 18.4. The van der Waals surface area contributed by atoms with Gasteiger partial charge in [-0.05, 0) is 43.5 Å². The summed E-state index contributed by atoms with van der Waals surface area (Å²) >= 11 is 6.40. The number of hydrogen-bond donors (Lipinski definition) is 1. The normalized spacial score (nSPS) is 18.0. The standard InChI is InChI=1S/C19H25ClN4O/c1-11-8-14-15(9-12(11)2)23-17(16(20)22-14)24-7-6-13(10-24)21-18(25)19(3,4)5/h8-9,13H,6-7,10H2,1-5H3,(H,21,25). The van der Waals surface area contributed by atoms with Gasteiger partial charge in [-0.15, -0.1) is 0 Å². The van der Waals surface area contributed by atoms with Crippen molar-refractivity contribution in [1.29, 1.82) is 0 Å². The van der Waals surface area contributed by atoms with E-state index in [4.69, 9.17) is 16.6 Å². The molecule has 1 fully saturated rings. The first-order chi connectivity index (χ1) is 11.6. The minimum atomic E-state index is -0.386. The molecule has 1 unspecified atom stereocenters. The van der Waals surface area contributed by atoms with E-state index in [9.17, 15) is 4.79 Å². The van der Waals surface area contributed by atoms with E-state index in [1.165, 1.54) is 11.1 Å². The van der Waals surface area contributed by atoms with Crippen molar-refractivity contribution in [2.24, 2.45) is 5.41 Å². The fourth-order valence-corrected chi connectivity index (χ4v) is 3.21. The molecule has 1 amide bonds. The van der Waals surface area contributed by atoms with E-state index in [1.807, 2.05) is 32.9 Å². The molecule has 134 valence electrons. The van der Waals surface area contributed by atoms with Gasteiger partial charge in [0.15, 0.2) is 11.0 Å². The molecular formula is C19H25ClN4O. The van der Waals surface area contributed by atoms with Gasteiger partial charge in [0.05, 0.1) is 11.0 Å². The average molecular weight is 361 g/mol. The predicted octanol–water partition coefficient (Wildman–Crippen LogP) is 3.64. The fourth-order valence-electron chi connectivity index (χ4n) is 2.95. The second kappa shape index (κ2) is 6.45. The first-order valence-corrected chi connectivity index (χ1v) is 9.03. The number of nitrogens with one attached hydrogen (secondary N) is 1. The van der Waals surface area contributed by atoms with Crippen LogP contribution in [0.1, 0.15) is 38.3 Å². The van der Waals surface area contributed by atoms with E-state index in [0.717, 1.165) is 24.0 Å². The average Bonchev–Trinajstić information content (AvgIpc) is 2.96. The van der Waals surface area contributed by atoms with Gasteiger partial charge in [0.2, 0.25) is 5.91 Å². The topological polar surface area (TPSA) is 58.1 Å². The molecule has 2 aromatic rings. The first-order valence-electron chi connectivity index (χ1n) is 8.65. The molecule has 2 heterocycles. The molecule has 0 aliphatic carbocycles. The SMILES string of the molecule is Cc1cc2nc(Cl)c(N3CCC(NC(=O)C(C)(C)C)C3)nc2cc1C. The molecule has 1 saturated heterocycles. The quantitative estimate of drug-likeness (QED) is 0.888. The number of halogens is 1. The molecule has 5 nitrogen and oxygen atoms in total. The molecule has 0 bridgehead atoms. The van der Waals surface area contributed by atoms with E-state index in [-0.39, 0.29) is 17.4 Å². The number of fused-ring (bicyclic) bond motifs is 1. The molecule has 1 aliphatic heterocycles. The van der Waals surface area contributed by atoms with E-state index < -0.39 is 0 Å². The Balaban J connectivity index is 1.82. The van der Waals surface area contributed by atoms with Crippen molar-refractivity contribution in [3.05, 3.63) is 28.4 Å². The van der Waals surface area contributed by atoms with Gasteiger partial charge in [-0.25, -0.2) is 9.97 Å². The Kier molecular flexibility index (Phi) is 4.62. The van der Waals surface area contributed by atoms with Crippen molar-refractivity contribution in [1.82, 2.24) is 15.3 Å². The Hall–Kier alpha value is -1.88. The summed E-state index contributed by atoms with van der Waals surface area (Å²) < 4.78 is 0. The third-order valence-electron chi connectivity index (χ3n) is 4.72. The molecule has 1 atom stereocenters. The van der Waals surface area contributed by atoms with Gasteiger partial charge in [-0.3, -0.25) is 4.79 Å². The fraction of sp³-hybridized carbons (Fsp3) is 0.526. The maximum Gasteiger partial charge on any atom is 0.225 e. The number of benzene rings is 1. The van der Waals surface area contributed by atoms with Crippen LogP contribution in [0.25, 0.3) is 11.0 Å². The van der Waals surface area contributed by atoms with Crippen LogP contribution in [0.15, 0.2) is 12.1 Å². The molecule has 0 saturated carbocycles. The van der Waals surface area contributed by atoms with Crippen LogP contribution in [0.4, 0.5) is 5.82 Å². The summed E-state index contributed by atoms with van der Waals surface area (Å²) in [6.45, 7) is 11.4. The highest BCUT2D eigenvalue weighted by Crippen LogP contribution is 2.29. The minimum Gasteiger partial charge on any atom is -0.352 e. The van der Waals surface area contributed by atoms with Crippen molar-refractivity contribution in [2.45, 2.75) is 47.1 Å². The molecule has 3 rings (SSSR count). The van der Waals surface area contributed by atoms with Gasteiger partial charge in [0.25, 0.3) is 0 Å². The lowest BCUT2D eigenvalue weighted by atomic mass is 9.95. The lowest BCUT2D eigenvalue weighted by Gasteiger charge is -2.22. The Morgan fingerprint density at radius 3 is 2.40 bits per heavy atom. The Morgan fingerprint density at radius 2 is 1.80 bits per heavy atom. The summed E-state index contributed by atoms with van der Waals surface area (Å²) in [6, 6.07) is 4.18. The summed E-state index contributed by atoms with van der Waals surface area (Å²) in [5.41, 5.74) is 3.64. The van der Waals surface area contributed by atoms with Crippen molar-refractivity contribution in [3.8, 4) is 0 Å². The Labute approximate surface area is 153 Å². The van der Waals surface area contributed by atoms with Crippen LogP contribution in [0, 0.1) is 19.3 Å². The summed E-state index contributed by atoms with van der Waals surface area (Å²) in [7, 11) is 0. The highest BCUT2D eigenvalue weighted by Gasteiger charge is 2.30. The summed E-state index contributed by atoms with van der Waals surface area (Å²) in [4.78, 5) is 23.6. The van der Waals surface area contributed by atoms with Gasteiger partial charge in [0.1, 0.15) is 0 Å². The molecule has 1 aromatic heterocycles. The van der Waals surface area contributed by atoms with Crippen molar-refractivity contribution in [3.63, 3.8) is 0 Å². The number of rotatable bonds is 2. The molecule has 6 heteroatoms. The molecule has 1 aliphatic rings. The Bertz CT molecular complexity index is 828. The third-order valence-corrected chi connectivity index (χ3v) is 4.98. The largest absolute Gasteiger partial charge is 0.352 e. The van der Waals surface area contributed by atoms with E-state index in [2.05, 4.69) is 29.0 Å². The summed E-state index contributed by atoms with van der Waals surface area (Å²) in [5, 5.41) is 3.54. The molecule has 0 radical (unpaired) electrons. The van der Waals surface area contributed by atoms with Crippen molar-refractivity contribution in [2.75, 3.05) is 18.0 Å². The van der Waals surface area contributed by atoms with Gasteiger partial charge < -0.3 is 10.2 Å². The number of amides is 1. The first kappa shape index (κ1) is 17.9. The second-order valence-electron chi connectivity index (χ2n) is 7.92. The summed E-state index contributed by atoms with van der Waals surface area (Å²) in [6.07, 6.45) is 0.880. The smallest absolute Gasteiger partial charge is 0.225 e. The molecule has 1 aromatic carbocycles.